The van der Waals surface area contributed by atoms with Crippen LogP contribution in [0.2, 0.25) is 0 Å². The van der Waals surface area contributed by atoms with Crippen molar-refractivity contribution in [2.45, 2.75) is 253 Å². The molecule has 0 aromatic heterocycles. The largest absolute Gasteiger partial charge is 0.466 e. The van der Waals surface area contributed by atoms with E-state index in [2.05, 4.69) is 32.7 Å². The summed E-state index contributed by atoms with van der Waals surface area (Å²) in [5.74, 6) is 0.0299. The molecule has 50 heavy (non-hydrogen) atoms. The first-order chi connectivity index (χ1) is 24.5. The molecule has 5 nitrogen and oxygen atoms in total. The third-order valence-electron chi connectivity index (χ3n) is 9.91. The van der Waals surface area contributed by atoms with Crippen LogP contribution in [0.5, 0.6) is 0 Å². The van der Waals surface area contributed by atoms with E-state index in [0.29, 0.717) is 19.4 Å². The maximum Gasteiger partial charge on any atom is 0.306 e. The standard InChI is InChI=1S/C43H85NO4.C2H6/c1-5-8-11-14-17-26-33-40-47-42(45)36-29-22-18-24-31-38-44(4)39-32-25-19-23-30-37-43(46)48-41(34-27-20-15-12-9-6-2)35-28-21-16-13-10-7-3;1-2/h41H,5-40H2,1-4H3;1-2H3. The number of carbonyl (C=O) groups excluding carboxylic acids is 2. The van der Waals surface area contributed by atoms with Crippen LogP contribution in [0.25, 0.3) is 0 Å². The van der Waals surface area contributed by atoms with Crippen molar-refractivity contribution < 1.29 is 19.1 Å². The summed E-state index contributed by atoms with van der Waals surface area (Å²) in [6.07, 6.45) is 39.3. The Bertz CT molecular complexity index is 653. The minimum Gasteiger partial charge on any atom is -0.466 e. The van der Waals surface area contributed by atoms with Crippen LogP contribution >= 0.6 is 0 Å². The molecule has 5 heteroatoms. The smallest absolute Gasteiger partial charge is 0.306 e. The molecule has 0 radical (unpaired) electrons. The maximum absolute atomic E-state index is 12.6. The van der Waals surface area contributed by atoms with Crippen molar-refractivity contribution in [3.63, 3.8) is 0 Å². The molecule has 0 aliphatic carbocycles. The van der Waals surface area contributed by atoms with Crippen molar-refractivity contribution >= 4 is 11.9 Å². The van der Waals surface area contributed by atoms with Gasteiger partial charge < -0.3 is 14.4 Å². The van der Waals surface area contributed by atoms with Crippen molar-refractivity contribution in [2.24, 2.45) is 0 Å². The number of hydrogen-bond donors (Lipinski definition) is 0. The van der Waals surface area contributed by atoms with E-state index < -0.39 is 0 Å². The Morgan fingerprint density at radius 2 is 0.780 bits per heavy atom. The Morgan fingerprint density at radius 1 is 0.440 bits per heavy atom. The molecule has 0 saturated heterocycles. The minimum absolute atomic E-state index is 0.00751. The van der Waals surface area contributed by atoms with E-state index in [1.54, 1.807) is 0 Å². The molecular formula is C45H91NO4. The fourth-order valence-corrected chi connectivity index (χ4v) is 6.60. The van der Waals surface area contributed by atoms with Gasteiger partial charge in [-0.2, -0.15) is 0 Å². The normalized spacial score (nSPS) is 11.2. The molecule has 0 saturated carbocycles. The molecule has 0 unspecified atom stereocenters. The second kappa shape index (κ2) is 44.1. The number of hydrogen-bond acceptors (Lipinski definition) is 5. The first-order valence-corrected chi connectivity index (χ1v) is 22.6. The number of ether oxygens (including phenoxy) is 2. The number of rotatable bonds is 39. The van der Waals surface area contributed by atoms with Gasteiger partial charge in [0.15, 0.2) is 0 Å². The van der Waals surface area contributed by atoms with Crippen LogP contribution < -0.4 is 0 Å². The van der Waals surface area contributed by atoms with Gasteiger partial charge in [0.1, 0.15) is 6.10 Å². The molecule has 0 aliphatic rings. The predicted molar refractivity (Wildman–Crippen MR) is 219 cm³/mol. The lowest BCUT2D eigenvalue weighted by Gasteiger charge is -2.18. The minimum atomic E-state index is -0.00751. The highest BCUT2D eigenvalue weighted by Crippen LogP contribution is 2.18. The van der Waals surface area contributed by atoms with Crippen molar-refractivity contribution in [3.8, 4) is 0 Å². The third-order valence-corrected chi connectivity index (χ3v) is 9.91. The lowest BCUT2D eigenvalue weighted by atomic mass is 10.0. The zero-order valence-corrected chi connectivity index (χ0v) is 35.1. The van der Waals surface area contributed by atoms with Crippen molar-refractivity contribution in [1.29, 1.82) is 0 Å². The summed E-state index contributed by atoms with van der Waals surface area (Å²) in [6, 6.07) is 0. The van der Waals surface area contributed by atoms with Gasteiger partial charge in [-0.05, 0) is 77.9 Å². The SMILES string of the molecule is CC.CCCCCCCCCOC(=O)CCCCCCCN(C)CCCCCCCC(=O)OC(CCCCCCCC)CCCCCCCC. The average molecular weight is 710 g/mol. The van der Waals surface area contributed by atoms with Crippen LogP contribution in [-0.2, 0) is 19.1 Å². The Labute approximate surface area is 314 Å². The van der Waals surface area contributed by atoms with Gasteiger partial charge >= 0.3 is 11.9 Å². The zero-order chi connectivity index (χ0) is 37.2. The Kier molecular flexibility index (Phi) is 44.9. The van der Waals surface area contributed by atoms with Crippen molar-refractivity contribution in [3.05, 3.63) is 0 Å². The molecule has 0 N–H and O–H groups in total. The van der Waals surface area contributed by atoms with E-state index in [0.717, 1.165) is 58.0 Å². The third kappa shape index (κ3) is 41.3. The lowest BCUT2D eigenvalue weighted by molar-refractivity contribution is -0.150. The van der Waals surface area contributed by atoms with Crippen LogP contribution in [0, 0.1) is 0 Å². The van der Waals surface area contributed by atoms with Crippen molar-refractivity contribution in [1.82, 2.24) is 4.90 Å². The quantitative estimate of drug-likeness (QED) is 0.0470. The summed E-state index contributed by atoms with van der Waals surface area (Å²) >= 11 is 0. The molecule has 0 aromatic rings. The lowest BCUT2D eigenvalue weighted by Crippen LogP contribution is -2.20. The Balaban J connectivity index is 0. The first-order valence-electron chi connectivity index (χ1n) is 22.6. The van der Waals surface area contributed by atoms with Gasteiger partial charge in [-0.3, -0.25) is 9.59 Å². The molecule has 0 heterocycles. The van der Waals surface area contributed by atoms with Gasteiger partial charge in [-0.15, -0.1) is 0 Å². The summed E-state index contributed by atoms with van der Waals surface area (Å²) in [5.41, 5.74) is 0. The highest BCUT2D eigenvalue weighted by molar-refractivity contribution is 5.69. The molecule has 0 atom stereocenters. The molecule has 0 amide bonds. The van der Waals surface area contributed by atoms with Gasteiger partial charge in [0.25, 0.3) is 0 Å². The van der Waals surface area contributed by atoms with Crippen LogP contribution in [0.1, 0.15) is 247 Å². The molecule has 0 fully saturated rings. The molecule has 0 spiro atoms. The molecular weight excluding hydrogens is 618 g/mol. The van der Waals surface area contributed by atoms with Gasteiger partial charge in [-0.1, -0.05) is 176 Å². The number of unbranched alkanes of at least 4 members (excludes halogenated alkanes) is 24. The fourth-order valence-electron chi connectivity index (χ4n) is 6.60. The predicted octanol–water partition coefficient (Wildman–Crippen LogP) is 14.3. The van der Waals surface area contributed by atoms with Crippen LogP contribution in [0.3, 0.4) is 0 Å². The van der Waals surface area contributed by atoms with E-state index in [4.69, 9.17) is 9.47 Å². The second-order valence-electron chi connectivity index (χ2n) is 14.9. The second-order valence-corrected chi connectivity index (χ2v) is 14.9. The monoisotopic (exact) mass is 710 g/mol. The molecule has 0 aromatic carbocycles. The maximum atomic E-state index is 12.6. The van der Waals surface area contributed by atoms with E-state index >= 15 is 0 Å². The zero-order valence-electron chi connectivity index (χ0n) is 35.1. The molecule has 300 valence electrons. The van der Waals surface area contributed by atoms with E-state index in [1.807, 2.05) is 13.8 Å². The van der Waals surface area contributed by atoms with Crippen LogP contribution in [-0.4, -0.2) is 49.7 Å². The number of esters is 2. The summed E-state index contributed by atoms with van der Waals surface area (Å²) in [7, 11) is 2.24. The van der Waals surface area contributed by atoms with E-state index in [1.165, 1.54) is 154 Å². The summed E-state index contributed by atoms with van der Waals surface area (Å²) in [4.78, 5) is 27.0. The highest BCUT2D eigenvalue weighted by Gasteiger charge is 2.14. The fraction of sp³-hybridized carbons (Fsp3) is 0.956. The number of carbonyl (C=O) groups is 2. The Morgan fingerprint density at radius 3 is 1.22 bits per heavy atom. The van der Waals surface area contributed by atoms with Gasteiger partial charge in [0.2, 0.25) is 0 Å². The Hall–Kier alpha value is -1.10. The number of nitrogens with zero attached hydrogens (tertiary/aromatic N) is 1. The molecule has 0 bridgehead atoms. The van der Waals surface area contributed by atoms with E-state index in [-0.39, 0.29) is 18.0 Å². The average Bonchev–Trinajstić information content (AvgIpc) is 3.12. The van der Waals surface area contributed by atoms with Crippen LogP contribution in [0.4, 0.5) is 0 Å². The molecule has 0 aliphatic heterocycles. The topological polar surface area (TPSA) is 55.8 Å². The van der Waals surface area contributed by atoms with Gasteiger partial charge in [-0.25, -0.2) is 0 Å². The van der Waals surface area contributed by atoms with Crippen LogP contribution in [0.15, 0.2) is 0 Å². The highest BCUT2D eigenvalue weighted by atomic mass is 16.5. The van der Waals surface area contributed by atoms with E-state index in [9.17, 15) is 9.59 Å². The summed E-state index contributed by atoms with van der Waals surface area (Å²) < 4.78 is 11.4. The summed E-state index contributed by atoms with van der Waals surface area (Å²) in [6.45, 7) is 13.7. The van der Waals surface area contributed by atoms with Gasteiger partial charge in [0, 0.05) is 12.8 Å². The van der Waals surface area contributed by atoms with Crippen molar-refractivity contribution in [2.75, 3.05) is 26.7 Å². The van der Waals surface area contributed by atoms with Gasteiger partial charge in [0.05, 0.1) is 6.61 Å². The molecule has 0 rings (SSSR count). The first kappa shape index (κ1) is 51.0. The summed E-state index contributed by atoms with van der Waals surface area (Å²) in [5, 5.41) is 0.